The summed E-state index contributed by atoms with van der Waals surface area (Å²) in [5.74, 6) is 0.556. The Morgan fingerprint density at radius 1 is 1.15 bits per heavy atom. The van der Waals surface area contributed by atoms with Gasteiger partial charge in [0.1, 0.15) is 11.5 Å². The number of H-pyrrole nitrogens is 1. The SMILES string of the molecule is CN(C)C(=O)N1CCN(Cc2c(O)ccc3c2O/C(=C\c2c[nH]c4ccccc24)C3=O)CC1. The summed E-state index contributed by atoms with van der Waals surface area (Å²) < 4.78 is 6.03. The van der Waals surface area contributed by atoms with Gasteiger partial charge in [0.2, 0.25) is 5.78 Å². The highest BCUT2D eigenvalue weighted by Crippen LogP contribution is 2.40. The summed E-state index contributed by atoms with van der Waals surface area (Å²) in [4.78, 5) is 34.0. The quantitative estimate of drug-likeness (QED) is 0.603. The number of Topliss-reactive ketones (excluding diaryl/α,β-unsaturated/α-hetero) is 1. The Hall–Kier alpha value is -3.78. The van der Waals surface area contributed by atoms with Gasteiger partial charge in [-0.25, -0.2) is 4.79 Å². The van der Waals surface area contributed by atoms with Gasteiger partial charge in [-0.1, -0.05) is 18.2 Å². The number of amides is 2. The Labute approximate surface area is 191 Å². The van der Waals surface area contributed by atoms with E-state index in [1.807, 2.05) is 35.4 Å². The van der Waals surface area contributed by atoms with E-state index in [0.717, 1.165) is 16.5 Å². The van der Waals surface area contributed by atoms with Gasteiger partial charge in [-0.05, 0) is 24.3 Å². The first-order valence-corrected chi connectivity index (χ1v) is 11.0. The van der Waals surface area contributed by atoms with Gasteiger partial charge in [-0.15, -0.1) is 0 Å². The van der Waals surface area contributed by atoms with E-state index >= 15 is 0 Å². The molecule has 3 aromatic rings. The monoisotopic (exact) mass is 446 g/mol. The Morgan fingerprint density at radius 2 is 1.91 bits per heavy atom. The van der Waals surface area contributed by atoms with E-state index in [2.05, 4.69) is 9.88 Å². The van der Waals surface area contributed by atoms with Crippen molar-refractivity contribution in [3.63, 3.8) is 0 Å². The smallest absolute Gasteiger partial charge is 0.319 e. The highest BCUT2D eigenvalue weighted by atomic mass is 16.5. The molecule has 2 aliphatic rings. The zero-order valence-corrected chi connectivity index (χ0v) is 18.7. The normalized spacial score (nSPS) is 17.5. The fourth-order valence-electron chi connectivity index (χ4n) is 4.41. The number of para-hydroxylation sites is 1. The van der Waals surface area contributed by atoms with E-state index in [4.69, 9.17) is 4.74 Å². The van der Waals surface area contributed by atoms with Crippen molar-refractivity contribution in [1.29, 1.82) is 0 Å². The van der Waals surface area contributed by atoms with Gasteiger partial charge in [0.05, 0.1) is 11.1 Å². The lowest BCUT2D eigenvalue weighted by molar-refractivity contribution is 0.101. The lowest BCUT2D eigenvalue weighted by Crippen LogP contribution is -2.51. The number of hydrogen-bond donors (Lipinski definition) is 2. The lowest BCUT2D eigenvalue weighted by atomic mass is 10.0. The maximum absolute atomic E-state index is 13.0. The third-order valence-corrected chi connectivity index (χ3v) is 6.23. The summed E-state index contributed by atoms with van der Waals surface area (Å²) in [6, 6.07) is 11.0. The predicted octanol–water partition coefficient (Wildman–Crippen LogP) is 3.29. The van der Waals surface area contributed by atoms with Crippen LogP contribution in [0.2, 0.25) is 0 Å². The minimum absolute atomic E-state index is 0.000843. The lowest BCUT2D eigenvalue weighted by Gasteiger charge is -2.36. The van der Waals surface area contributed by atoms with Gasteiger partial charge in [0, 0.05) is 69.5 Å². The molecule has 0 saturated carbocycles. The van der Waals surface area contributed by atoms with Crippen LogP contribution in [0.3, 0.4) is 0 Å². The van der Waals surface area contributed by atoms with Gasteiger partial charge in [0.15, 0.2) is 5.76 Å². The fraction of sp³-hybridized carbons (Fsp3) is 0.280. The molecule has 0 bridgehead atoms. The van der Waals surface area contributed by atoms with Crippen molar-refractivity contribution in [2.75, 3.05) is 40.3 Å². The van der Waals surface area contributed by atoms with Gasteiger partial charge >= 0.3 is 6.03 Å². The van der Waals surface area contributed by atoms with E-state index in [-0.39, 0.29) is 23.3 Å². The second kappa shape index (κ2) is 8.29. The molecule has 2 N–H and O–H groups in total. The number of fused-ring (bicyclic) bond motifs is 2. The zero-order valence-electron chi connectivity index (χ0n) is 18.7. The fourth-order valence-corrected chi connectivity index (χ4v) is 4.41. The number of ether oxygens (including phenoxy) is 1. The van der Waals surface area contributed by atoms with E-state index in [9.17, 15) is 14.7 Å². The standard InChI is InChI=1S/C25H26N4O4/c1-27(2)25(32)29-11-9-28(10-12-29)15-19-21(30)8-7-18-23(31)22(33-24(18)19)13-16-14-26-20-6-4-3-5-17(16)20/h3-8,13-14,26,30H,9-12,15H2,1-2H3/b22-13-. The second-order valence-corrected chi connectivity index (χ2v) is 8.61. The van der Waals surface area contributed by atoms with Crippen molar-refractivity contribution in [3.05, 3.63) is 65.0 Å². The number of nitrogens with one attached hydrogen (secondary N) is 1. The van der Waals surface area contributed by atoms with Crippen LogP contribution in [0.25, 0.3) is 17.0 Å². The van der Waals surface area contributed by atoms with Crippen LogP contribution in [-0.2, 0) is 6.54 Å². The van der Waals surface area contributed by atoms with Gasteiger partial charge in [-0.2, -0.15) is 0 Å². The zero-order chi connectivity index (χ0) is 23.1. The molecule has 0 atom stereocenters. The number of phenols is 1. The molecule has 1 aromatic heterocycles. The Bertz CT molecular complexity index is 1270. The van der Waals surface area contributed by atoms with E-state index in [1.165, 1.54) is 0 Å². The molecule has 8 nitrogen and oxygen atoms in total. The van der Waals surface area contributed by atoms with Crippen molar-refractivity contribution >= 4 is 28.8 Å². The van der Waals surface area contributed by atoms with Crippen molar-refractivity contribution in [2.24, 2.45) is 0 Å². The van der Waals surface area contributed by atoms with Crippen molar-refractivity contribution < 1.29 is 19.4 Å². The van der Waals surface area contributed by atoms with Gasteiger partial charge in [0.25, 0.3) is 0 Å². The van der Waals surface area contributed by atoms with Crippen LogP contribution >= 0.6 is 0 Å². The number of urea groups is 1. The maximum atomic E-state index is 13.0. The topological polar surface area (TPSA) is 89.1 Å². The predicted molar refractivity (Wildman–Crippen MR) is 125 cm³/mol. The molecular weight excluding hydrogens is 420 g/mol. The number of carbonyl (C=O) groups is 2. The molecule has 33 heavy (non-hydrogen) atoms. The van der Waals surface area contributed by atoms with Crippen molar-refractivity contribution in [2.45, 2.75) is 6.54 Å². The summed E-state index contributed by atoms with van der Waals surface area (Å²) in [5.41, 5.74) is 2.90. The number of piperazine rings is 1. The average Bonchev–Trinajstić information content (AvgIpc) is 3.37. The number of phenolic OH excluding ortho intramolecular Hbond substituents is 1. The number of nitrogens with zero attached hydrogens (tertiary/aromatic N) is 3. The van der Waals surface area contributed by atoms with E-state index in [0.29, 0.717) is 49.6 Å². The van der Waals surface area contributed by atoms with Gasteiger partial charge in [-0.3, -0.25) is 9.69 Å². The highest BCUT2D eigenvalue weighted by molar-refractivity contribution is 6.15. The Balaban J connectivity index is 1.37. The number of carbonyl (C=O) groups excluding carboxylic acids is 2. The average molecular weight is 447 g/mol. The molecule has 2 aliphatic heterocycles. The molecule has 1 saturated heterocycles. The summed E-state index contributed by atoms with van der Waals surface area (Å²) in [6.45, 7) is 3.01. The van der Waals surface area contributed by atoms with E-state index < -0.39 is 0 Å². The summed E-state index contributed by atoms with van der Waals surface area (Å²) in [7, 11) is 3.49. The summed E-state index contributed by atoms with van der Waals surface area (Å²) in [6.07, 6.45) is 3.60. The van der Waals surface area contributed by atoms with Crippen LogP contribution in [0.4, 0.5) is 4.79 Å². The first-order chi connectivity index (χ1) is 15.9. The van der Waals surface area contributed by atoms with Crippen LogP contribution in [-0.4, -0.2) is 76.9 Å². The van der Waals surface area contributed by atoms with Crippen LogP contribution in [0.1, 0.15) is 21.5 Å². The van der Waals surface area contributed by atoms with Crippen LogP contribution < -0.4 is 4.74 Å². The summed E-state index contributed by atoms with van der Waals surface area (Å²) >= 11 is 0. The molecule has 2 amide bonds. The molecule has 3 heterocycles. The largest absolute Gasteiger partial charge is 0.507 e. The molecule has 0 radical (unpaired) electrons. The molecule has 170 valence electrons. The molecular formula is C25H26N4O4. The Morgan fingerprint density at radius 3 is 2.67 bits per heavy atom. The van der Waals surface area contributed by atoms with Crippen LogP contribution in [0, 0.1) is 0 Å². The number of rotatable bonds is 3. The third-order valence-electron chi connectivity index (χ3n) is 6.23. The third kappa shape index (κ3) is 3.82. The van der Waals surface area contributed by atoms with E-state index in [1.54, 1.807) is 37.2 Å². The first kappa shape index (κ1) is 21.1. The van der Waals surface area contributed by atoms with Crippen molar-refractivity contribution in [3.8, 4) is 11.5 Å². The van der Waals surface area contributed by atoms with Crippen LogP contribution in [0.15, 0.2) is 48.4 Å². The molecule has 8 heteroatoms. The van der Waals surface area contributed by atoms with Gasteiger partial charge < -0.3 is 24.6 Å². The second-order valence-electron chi connectivity index (χ2n) is 8.61. The minimum atomic E-state index is -0.196. The molecule has 1 fully saturated rings. The number of hydrogen-bond acceptors (Lipinski definition) is 5. The number of aromatic nitrogens is 1. The van der Waals surface area contributed by atoms with Crippen molar-refractivity contribution in [1.82, 2.24) is 19.7 Å². The maximum Gasteiger partial charge on any atom is 0.319 e. The molecule has 0 unspecified atom stereocenters. The summed E-state index contributed by atoms with van der Waals surface area (Å²) in [5, 5.41) is 11.6. The molecule has 0 aliphatic carbocycles. The number of benzene rings is 2. The minimum Gasteiger partial charge on any atom is -0.507 e. The number of aromatic hydroxyl groups is 1. The molecule has 0 spiro atoms. The Kier molecular flexibility index (Phi) is 5.30. The number of allylic oxidation sites excluding steroid dienone is 1. The van der Waals surface area contributed by atoms with Crippen LogP contribution in [0.5, 0.6) is 11.5 Å². The first-order valence-electron chi connectivity index (χ1n) is 11.0. The highest BCUT2D eigenvalue weighted by Gasteiger charge is 2.32. The number of ketones is 1. The molecule has 2 aromatic carbocycles. The molecule has 5 rings (SSSR count). The number of aromatic amines is 1.